The molecule has 0 aromatic carbocycles. The Labute approximate surface area is 449 Å². The molecular formula is C52H68N18O8. The number of rotatable bonds is 27. The van der Waals surface area contributed by atoms with E-state index in [0.717, 1.165) is 25.7 Å². The molecule has 26 heteroatoms. The summed E-state index contributed by atoms with van der Waals surface area (Å²) in [6.45, 7) is 0.405. The Morgan fingerprint density at radius 3 is 0.808 bits per heavy atom. The van der Waals surface area contributed by atoms with E-state index >= 15 is 0 Å². The number of nitrogens with two attached hydrogens (primary N) is 2. The molecule has 0 fully saturated rings. The Kier molecular flexibility index (Phi) is 19.4. The molecule has 0 unspecified atom stereocenters. The fraction of sp³-hybridized carbons (Fsp3) is 0.346. The van der Waals surface area contributed by atoms with E-state index in [1.165, 1.54) is 24.3 Å². The number of carbonyl (C=O) groups excluding carboxylic acids is 8. The lowest BCUT2D eigenvalue weighted by atomic mass is 10.1. The summed E-state index contributed by atoms with van der Waals surface area (Å²) in [4.78, 5) is 104. The molecule has 0 aliphatic heterocycles. The van der Waals surface area contributed by atoms with Crippen molar-refractivity contribution in [3.05, 3.63) is 108 Å². The Morgan fingerprint density at radius 1 is 0.346 bits per heavy atom. The number of hydrogen-bond acceptors (Lipinski definition) is 10. The molecule has 78 heavy (non-hydrogen) atoms. The maximum absolute atomic E-state index is 13.3. The number of amidine groups is 2. The average molecular weight is 1070 g/mol. The van der Waals surface area contributed by atoms with Gasteiger partial charge < -0.3 is 81.4 Å². The zero-order valence-electron chi connectivity index (χ0n) is 44.5. The number of amides is 8. The SMILES string of the molecule is Cn1cc(NC(=O)c2cc(NC(=O)c3cc(NC(=O)CCCCCCCCC(=O)Nc4cc(C(=O)Nc5cc(C(=O)Nc6cc(C(=O)NCCC(=N)N)n(C)c6)n(C)c5)n(C)c4)cn3C)cn2C)cc1C(=O)NCCC(=N)N. The summed E-state index contributed by atoms with van der Waals surface area (Å²) in [7, 11) is 10.0. The zero-order valence-corrected chi connectivity index (χ0v) is 44.5. The van der Waals surface area contributed by atoms with E-state index in [0.29, 0.717) is 58.4 Å². The van der Waals surface area contributed by atoms with Gasteiger partial charge in [0.15, 0.2) is 0 Å². The maximum Gasteiger partial charge on any atom is 0.272 e. The maximum atomic E-state index is 13.3. The summed E-state index contributed by atoms with van der Waals surface area (Å²) in [6.07, 6.45) is 15.4. The number of nitrogens with zero attached hydrogens (tertiary/aromatic N) is 6. The first-order valence-electron chi connectivity index (χ1n) is 25.1. The second kappa shape index (κ2) is 26.2. The number of anilines is 6. The van der Waals surface area contributed by atoms with E-state index in [9.17, 15) is 38.4 Å². The third kappa shape index (κ3) is 15.9. The fourth-order valence-corrected chi connectivity index (χ4v) is 8.46. The van der Waals surface area contributed by atoms with Crippen molar-refractivity contribution in [2.45, 2.75) is 64.2 Å². The third-order valence-corrected chi connectivity index (χ3v) is 12.4. The third-order valence-electron chi connectivity index (χ3n) is 12.4. The van der Waals surface area contributed by atoms with Gasteiger partial charge in [-0.1, -0.05) is 25.7 Å². The number of aromatic nitrogens is 6. The van der Waals surface area contributed by atoms with Crippen LogP contribution in [0.3, 0.4) is 0 Å². The molecule has 6 heterocycles. The second-order valence-electron chi connectivity index (χ2n) is 18.9. The Balaban J connectivity index is 0.851. The van der Waals surface area contributed by atoms with Crippen LogP contribution in [0.1, 0.15) is 127 Å². The van der Waals surface area contributed by atoms with E-state index in [1.807, 2.05) is 0 Å². The second-order valence-corrected chi connectivity index (χ2v) is 18.9. The molecule has 0 bridgehead atoms. The van der Waals surface area contributed by atoms with Gasteiger partial charge in [-0.2, -0.15) is 0 Å². The van der Waals surface area contributed by atoms with Gasteiger partial charge in [0.2, 0.25) is 11.8 Å². The van der Waals surface area contributed by atoms with Gasteiger partial charge in [0.05, 0.1) is 45.8 Å². The predicted molar refractivity (Wildman–Crippen MR) is 296 cm³/mol. The molecule has 6 aromatic heterocycles. The molecule has 26 nitrogen and oxygen atoms in total. The molecule has 6 rings (SSSR count). The van der Waals surface area contributed by atoms with Crippen molar-refractivity contribution < 1.29 is 38.4 Å². The highest BCUT2D eigenvalue weighted by atomic mass is 16.2. The van der Waals surface area contributed by atoms with Gasteiger partial charge in [-0.15, -0.1) is 0 Å². The van der Waals surface area contributed by atoms with Gasteiger partial charge in [-0.3, -0.25) is 49.2 Å². The lowest BCUT2D eigenvalue weighted by Crippen LogP contribution is -2.28. The van der Waals surface area contributed by atoms with Crippen LogP contribution in [0.2, 0.25) is 0 Å². The van der Waals surface area contributed by atoms with Crippen molar-refractivity contribution >= 4 is 93.1 Å². The van der Waals surface area contributed by atoms with E-state index in [1.54, 1.807) is 119 Å². The van der Waals surface area contributed by atoms with Crippen molar-refractivity contribution in [3.8, 4) is 0 Å². The van der Waals surface area contributed by atoms with E-state index in [-0.39, 0.29) is 96.8 Å². The largest absolute Gasteiger partial charge is 0.388 e. The van der Waals surface area contributed by atoms with Gasteiger partial charge in [0.25, 0.3) is 35.4 Å². The fourth-order valence-electron chi connectivity index (χ4n) is 8.46. The normalized spacial score (nSPS) is 10.9. The lowest BCUT2D eigenvalue weighted by molar-refractivity contribution is -0.117. The van der Waals surface area contributed by atoms with Gasteiger partial charge in [-0.25, -0.2) is 0 Å². The van der Waals surface area contributed by atoms with Crippen LogP contribution in [0.4, 0.5) is 34.1 Å². The van der Waals surface area contributed by atoms with Gasteiger partial charge in [0, 0.05) is 118 Å². The molecule has 8 amide bonds. The molecule has 6 aromatic rings. The summed E-state index contributed by atoms with van der Waals surface area (Å²) < 4.78 is 9.42. The number of aryl methyl sites for hydroxylation is 6. The number of unbranched alkanes of at least 4 members (excludes halogenated alkanes) is 5. The number of carbonyl (C=O) groups is 8. The summed E-state index contributed by atoms with van der Waals surface area (Å²) >= 11 is 0. The van der Waals surface area contributed by atoms with Crippen LogP contribution in [-0.2, 0) is 51.9 Å². The van der Waals surface area contributed by atoms with Crippen LogP contribution in [0, 0.1) is 10.8 Å². The first-order valence-corrected chi connectivity index (χ1v) is 25.1. The zero-order chi connectivity index (χ0) is 56.8. The molecule has 0 saturated heterocycles. The molecule has 414 valence electrons. The first-order chi connectivity index (χ1) is 37.0. The van der Waals surface area contributed by atoms with E-state index in [2.05, 4.69) is 42.5 Å². The Bertz CT molecular complexity index is 3040. The van der Waals surface area contributed by atoms with Gasteiger partial charge in [0.1, 0.15) is 34.2 Å². The van der Waals surface area contributed by atoms with Crippen molar-refractivity contribution in [3.63, 3.8) is 0 Å². The monoisotopic (exact) mass is 1070 g/mol. The summed E-state index contributed by atoms with van der Waals surface area (Å²) in [5.41, 5.74) is 14.8. The molecule has 0 atom stereocenters. The summed E-state index contributed by atoms with van der Waals surface area (Å²) in [5, 5.41) is 36.8. The minimum absolute atomic E-state index is 0.0425. The average Bonchev–Trinajstić information content (AvgIpc) is 4.23. The molecule has 14 N–H and O–H groups in total. The molecular weight excluding hydrogens is 1000 g/mol. The molecule has 0 radical (unpaired) electrons. The van der Waals surface area contributed by atoms with E-state index < -0.39 is 23.6 Å². The highest BCUT2D eigenvalue weighted by molar-refractivity contribution is 6.09. The quantitative estimate of drug-likeness (QED) is 0.0194. The highest BCUT2D eigenvalue weighted by Gasteiger charge is 2.22. The van der Waals surface area contributed by atoms with Crippen LogP contribution in [0.5, 0.6) is 0 Å². The topological polar surface area (TPSA) is 362 Å². The van der Waals surface area contributed by atoms with Crippen LogP contribution in [0.25, 0.3) is 0 Å². The minimum atomic E-state index is -0.466. The summed E-state index contributed by atoms with van der Waals surface area (Å²) in [5.74, 6) is -3.06. The van der Waals surface area contributed by atoms with Gasteiger partial charge in [-0.05, 0) is 49.2 Å². The lowest BCUT2D eigenvalue weighted by Gasteiger charge is -2.04. The van der Waals surface area contributed by atoms with Crippen LogP contribution in [0.15, 0.2) is 73.6 Å². The van der Waals surface area contributed by atoms with Crippen molar-refractivity contribution in [1.29, 1.82) is 10.8 Å². The summed E-state index contributed by atoms with van der Waals surface area (Å²) in [6, 6.07) is 9.24. The first kappa shape index (κ1) is 57.7. The smallest absolute Gasteiger partial charge is 0.272 e. The van der Waals surface area contributed by atoms with Crippen LogP contribution in [-0.4, -0.2) is 99.4 Å². The van der Waals surface area contributed by atoms with Crippen LogP contribution < -0.4 is 54.0 Å². The van der Waals surface area contributed by atoms with Crippen molar-refractivity contribution in [2.24, 2.45) is 53.8 Å². The van der Waals surface area contributed by atoms with Crippen molar-refractivity contribution in [1.82, 2.24) is 38.0 Å². The standard InChI is InChI=1S/C52H68N18O8/c1-65-27-33(21-37(65)47(73)57-17-15-43(53)54)61-51(77)41-23-35(29-69(41)5)63-49(75)39-19-31(25-67(39)3)59-45(71)13-11-9-7-8-10-12-14-46(72)60-32-20-40(68(4)26-32)50(76)64-36-24-42(70(6)30-36)52(78)62-34-22-38(66(2)28-34)48(74)58-18-16-44(55)56/h19-30H,7-18H2,1-6H3,(H3,53,54)(H3,55,56)(H,57,73)(H,58,74)(H,59,71)(H,60,72)(H,61,77)(H,62,78)(H,63,75)(H,64,76). The van der Waals surface area contributed by atoms with E-state index in [4.69, 9.17) is 22.3 Å². The molecule has 0 spiro atoms. The number of hydrogen-bond donors (Lipinski definition) is 12. The van der Waals surface area contributed by atoms with Gasteiger partial charge >= 0.3 is 0 Å². The van der Waals surface area contributed by atoms with Crippen molar-refractivity contribution in [2.75, 3.05) is 45.0 Å². The van der Waals surface area contributed by atoms with Crippen LogP contribution >= 0.6 is 0 Å². The molecule has 0 aliphatic rings. The minimum Gasteiger partial charge on any atom is -0.388 e. The highest BCUT2D eigenvalue weighted by Crippen LogP contribution is 2.23. The molecule has 0 aliphatic carbocycles. The Morgan fingerprint density at radius 2 is 0.564 bits per heavy atom. The number of nitrogens with one attached hydrogen (secondary N) is 10. The molecule has 0 saturated carbocycles. The predicted octanol–water partition coefficient (Wildman–Crippen LogP) is 4.54. The Hall–Kier alpha value is -9.62.